The van der Waals surface area contributed by atoms with E-state index in [0.29, 0.717) is 22.3 Å². The molecule has 1 unspecified atom stereocenters. The zero-order chi connectivity index (χ0) is 21.1. The van der Waals surface area contributed by atoms with Gasteiger partial charge in [-0.2, -0.15) is 0 Å². The van der Waals surface area contributed by atoms with E-state index in [4.69, 9.17) is 11.6 Å². The fraction of sp³-hybridized carbons (Fsp3) is 0.238. The quantitative estimate of drug-likeness (QED) is 0.588. The van der Waals surface area contributed by atoms with Gasteiger partial charge in [0, 0.05) is 34.7 Å². The first-order valence-corrected chi connectivity index (χ1v) is 12.2. The van der Waals surface area contributed by atoms with Crippen molar-refractivity contribution >= 4 is 44.0 Å². The second-order valence-corrected chi connectivity index (χ2v) is 10.1. The fourth-order valence-electron chi connectivity index (χ4n) is 3.64. The third kappa shape index (κ3) is 4.66. The minimum Gasteiger partial charge on any atom is -0.335 e. The Morgan fingerprint density at radius 1 is 1.23 bits per heavy atom. The summed E-state index contributed by atoms with van der Waals surface area (Å²) in [6.45, 7) is 0.690. The lowest BCUT2D eigenvalue weighted by molar-refractivity contribution is 0.0736. The smallest absolute Gasteiger partial charge is 0.263 e. The van der Waals surface area contributed by atoms with Gasteiger partial charge in [-0.05, 0) is 61.2 Å². The van der Waals surface area contributed by atoms with Crippen molar-refractivity contribution < 1.29 is 13.2 Å². The molecule has 3 aromatic rings. The predicted octanol–water partition coefficient (Wildman–Crippen LogP) is 4.44. The molecular weight excluding hydrogens is 442 g/mol. The molecule has 1 atom stereocenters. The first-order chi connectivity index (χ1) is 14.4. The van der Waals surface area contributed by atoms with Gasteiger partial charge < -0.3 is 4.90 Å². The van der Waals surface area contributed by atoms with E-state index in [0.717, 1.165) is 24.8 Å². The van der Waals surface area contributed by atoms with E-state index in [2.05, 4.69) is 9.71 Å². The summed E-state index contributed by atoms with van der Waals surface area (Å²) < 4.78 is 27.4. The molecule has 9 heteroatoms. The number of thiazole rings is 1. The van der Waals surface area contributed by atoms with Crippen molar-refractivity contribution in [3.8, 4) is 0 Å². The maximum absolute atomic E-state index is 13.1. The Kier molecular flexibility index (Phi) is 6.08. The number of carbonyl (C=O) groups excluding carboxylic acids is 1. The molecule has 30 heavy (non-hydrogen) atoms. The van der Waals surface area contributed by atoms with Crippen LogP contribution in [0.25, 0.3) is 0 Å². The second kappa shape index (κ2) is 8.75. The maximum atomic E-state index is 13.1. The Labute approximate surface area is 184 Å². The Morgan fingerprint density at radius 3 is 2.73 bits per heavy atom. The molecule has 1 aromatic heterocycles. The van der Waals surface area contributed by atoms with Gasteiger partial charge in [-0.1, -0.05) is 23.7 Å². The number of likely N-dealkylation sites (tertiary alicyclic amines) is 1. The van der Waals surface area contributed by atoms with Crippen LogP contribution in [0.1, 0.15) is 28.8 Å². The van der Waals surface area contributed by atoms with Crippen molar-refractivity contribution in [2.24, 2.45) is 0 Å². The Hall–Kier alpha value is -2.42. The molecule has 4 rings (SSSR count). The number of anilines is 1. The number of nitrogens with one attached hydrogen (secondary N) is 1. The molecule has 1 aliphatic rings. The highest BCUT2D eigenvalue weighted by Crippen LogP contribution is 2.25. The maximum Gasteiger partial charge on any atom is 0.263 e. The van der Waals surface area contributed by atoms with Gasteiger partial charge in [0.2, 0.25) is 0 Å². The summed E-state index contributed by atoms with van der Waals surface area (Å²) in [5.74, 6) is -0.0867. The van der Waals surface area contributed by atoms with Crippen molar-refractivity contribution in [3.63, 3.8) is 0 Å². The largest absolute Gasteiger partial charge is 0.335 e. The summed E-state index contributed by atoms with van der Waals surface area (Å²) in [5, 5.41) is 2.68. The third-order valence-corrected chi connectivity index (χ3v) is 7.47. The highest BCUT2D eigenvalue weighted by atomic mass is 35.5. The minimum atomic E-state index is -3.74. The molecule has 1 aliphatic heterocycles. The number of halogens is 1. The van der Waals surface area contributed by atoms with Crippen molar-refractivity contribution in [3.05, 3.63) is 76.3 Å². The molecule has 1 N–H and O–H groups in total. The molecule has 2 aromatic carbocycles. The summed E-state index contributed by atoms with van der Waals surface area (Å²) >= 11 is 7.28. The van der Waals surface area contributed by atoms with Crippen LogP contribution in [-0.4, -0.2) is 36.8 Å². The highest BCUT2D eigenvalue weighted by molar-refractivity contribution is 7.93. The zero-order valence-corrected chi connectivity index (χ0v) is 18.4. The summed E-state index contributed by atoms with van der Waals surface area (Å²) in [4.78, 5) is 19.0. The second-order valence-electron chi connectivity index (χ2n) is 7.10. The third-order valence-electron chi connectivity index (χ3n) is 5.06. The van der Waals surface area contributed by atoms with Gasteiger partial charge in [0.05, 0.1) is 4.90 Å². The van der Waals surface area contributed by atoms with Gasteiger partial charge in [0.15, 0.2) is 5.13 Å². The number of carbonyl (C=O) groups is 1. The molecule has 1 amide bonds. The number of amides is 1. The van der Waals surface area contributed by atoms with Crippen molar-refractivity contribution in [1.82, 2.24) is 9.88 Å². The molecule has 1 fully saturated rings. The Balaban J connectivity index is 1.47. The van der Waals surface area contributed by atoms with Crippen LogP contribution in [0.3, 0.4) is 0 Å². The molecule has 0 spiro atoms. The van der Waals surface area contributed by atoms with E-state index < -0.39 is 10.0 Å². The number of hydrogen-bond acceptors (Lipinski definition) is 5. The topological polar surface area (TPSA) is 79.4 Å². The van der Waals surface area contributed by atoms with Crippen LogP contribution in [0.2, 0.25) is 5.02 Å². The molecule has 6 nitrogen and oxygen atoms in total. The summed E-state index contributed by atoms with van der Waals surface area (Å²) in [7, 11) is -3.74. The van der Waals surface area contributed by atoms with Crippen LogP contribution < -0.4 is 4.72 Å². The SMILES string of the molecule is O=C(c1ccc(S(=O)(=O)Nc2nccs2)cc1)N1CCCC1Cc1cccc(Cl)c1. The molecule has 0 bridgehead atoms. The van der Waals surface area contributed by atoms with Crippen LogP contribution in [-0.2, 0) is 16.4 Å². The highest BCUT2D eigenvalue weighted by Gasteiger charge is 2.29. The average Bonchev–Trinajstić information content (AvgIpc) is 3.39. The Bertz CT molecular complexity index is 1130. The van der Waals surface area contributed by atoms with Crippen molar-refractivity contribution in [2.75, 3.05) is 11.3 Å². The van der Waals surface area contributed by atoms with Crippen LogP contribution in [0.5, 0.6) is 0 Å². The number of sulfonamides is 1. The van der Waals surface area contributed by atoms with Crippen LogP contribution in [0.4, 0.5) is 5.13 Å². The van der Waals surface area contributed by atoms with Gasteiger partial charge in [0.25, 0.3) is 15.9 Å². The molecule has 0 aliphatic carbocycles. The molecule has 0 saturated carbocycles. The van der Waals surface area contributed by atoms with Gasteiger partial charge in [0.1, 0.15) is 0 Å². The van der Waals surface area contributed by atoms with E-state index in [-0.39, 0.29) is 16.8 Å². The van der Waals surface area contributed by atoms with Crippen LogP contribution in [0, 0.1) is 0 Å². The molecule has 0 radical (unpaired) electrons. The first-order valence-electron chi connectivity index (χ1n) is 9.50. The van der Waals surface area contributed by atoms with E-state index in [1.165, 1.54) is 29.7 Å². The first kappa shape index (κ1) is 20.8. The molecule has 1 saturated heterocycles. The summed E-state index contributed by atoms with van der Waals surface area (Å²) in [6.07, 6.45) is 4.15. The molecule has 156 valence electrons. The number of benzene rings is 2. The predicted molar refractivity (Wildman–Crippen MR) is 119 cm³/mol. The van der Waals surface area contributed by atoms with Crippen molar-refractivity contribution in [2.45, 2.75) is 30.2 Å². The number of nitrogens with zero attached hydrogens (tertiary/aromatic N) is 2. The number of aromatic nitrogens is 1. The zero-order valence-electron chi connectivity index (χ0n) is 16.0. The average molecular weight is 462 g/mol. The lowest BCUT2D eigenvalue weighted by Gasteiger charge is -2.25. The lowest BCUT2D eigenvalue weighted by Crippen LogP contribution is -2.36. The van der Waals surface area contributed by atoms with E-state index in [1.807, 2.05) is 29.2 Å². The monoisotopic (exact) mass is 461 g/mol. The van der Waals surface area contributed by atoms with Gasteiger partial charge in [-0.3, -0.25) is 9.52 Å². The van der Waals surface area contributed by atoms with Gasteiger partial charge in [-0.15, -0.1) is 11.3 Å². The normalized spacial score (nSPS) is 16.6. The van der Waals surface area contributed by atoms with E-state index >= 15 is 0 Å². The van der Waals surface area contributed by atoms with Crippen LogP contribution >= 0.6 is 22.9 Å². The Morgan fingerprint density at radius 2 is 2.03 bits per heavy atom. The molecular formula is C21H20ClN3O3S2. The van der Waals surface area contributed by atoms with Gasteiger partial charge >= 0.3 is 0 Å². The minimum absolute atomic E-state index is 0.0867. The molecule has 2 heterocycles. The van der Waals surface area contributed by atoms with E-state index in [1.54, 1.807) is 17.5 Å². The summed E-state index contributed by atoms with van der Waals surface area (Å²) in [5.41, 5.74) is 1.57. The number of hydrogen-bond donors (Lipinski definition) is 1. The van der Waals surface area contributed by atoms with Gasteiger partial charge in [-0.25, -0.2) is 13.4 Å². The number of rotatable bonds is 6. The fourth-order valence-corrected chi connectivity index (χ4v) is 5.64. The standard InChI is InChI=1S/C21H20ClN3O3S2/c22-17-4-1-3-15(13-17)14-18-5-2-11-25(18)20(26)16-6-8-19(9-7-16)30(27,28)24-21-23-10-12-29-21/h1,3-4,6-10,12-13,18H,2,5,11,14H2,(H,23,24). The van der Waals surface area contributed by atoms with Crippen LogP contribution in [0.15, 0.2) is 65.0 Å². The van der Waals surface area contributed by atoms with E-state index in [9.17, 15) is 13.2 Å². The summed E-state index contributed by atoms with van der Waals surface area (Å²) in [6, 6.07) is 13.8. The van der Waals surface area contributed by atoms with Crippen molar-refractivity contribution in [1.29, 1.82) is 0 Å². The lowest BCUT2D eigenvalue weighted by atomic mass is 10.0.